The SMILES string of the molecule is Cc1cc(C)n2ncc(C(=O)N[C@H]3CCCNC3=O)c2n1. The second kappa shape index (κ2) is 5.16. The summed E-state index contributed by atoms with van der Waals surface area (Å²) < 4.78 is 1.63. The standard InChI is InChI=1S/C14H17N5O2/c1-8-6-9(2)19-12(17-8)10(7-16-19)13(20)18-11-4-3-5-15-14(11)21/h6-7,11H,3-5H2,1-2H3,(H,15,21)(H,18,20)/t11-/m0/s1. The van der Waals surface area contributed by atoms with E-state index in [9.17, 15) is 9.59 Å². The van der Waals surface area contributed by atoms with E-state index in [1.165, 1.54) is 6.20 Å². The molecule has 1 atom stereocenters. The Hall–Kier alpha value is -2.44. The van der Waals surface area contributed by atoms with Gasteiger partial charge in [-0.05, 0) is 32.8 Å². The summed E-state index contributed by atoms with van der Waals surface area (Å²) in [6.07, 6.45) is 3.01. The Bertz CT molecular complexity index is 721. The molecule has 1 aliphatic rings. The van der Waals surface area contributed by atoms with E-state index in [-0.39, 0.29) is 11.8 Å². The monoisotopic (exact) mass is 287 g/mol. The van der Waals surface area contributed by atoms with Crippen LogP contribution >= 0.6 is 0 Å². The quantitative estimate of drug-likeness (QED) is 0.834. The van der Waals surface area contributed by atoms with E-state index in [1.807, 2.05) is 19.9 Å². The van der Waals surface area contributed by atoms with Crippen molar-refractivity contribution in [3.63, 3.8) is 0 Å². The molecule has 0 bridgehead atoms. The van der Waals surface area contributed by atoms with Gasteiger partial charge < -0.3 is 10.6 Å². The summed E-state index contributed by atoms with van der Waals surface area (Å²) in [5.41, 5.74) is 2.64. The third kappa shape index (κ3) is 2.46. The van der Waals surface area contributed by atoms with Crippen molar-refractivity contribution in [3.05, 3.63) is 29.2 Å². The smallest absolute Gasteiger partial charge is 0.257 e. The van der Waals surface area contributed by atoms with Crippen LogP contribution < -0.4 is 10.6 Å². The Morgan fingerprint density at radius 2 is 2.29 bits per heavy atom. The maximum Gasteiger partial charge on any atom is 0.257 e. The number of piperidine rings is 1. The molecular formula is C14H17N5O2. The van der Waals surface area contributed by atoms with Crippen LogP contribution in [-0.2, 0) is 4.79 Å². The van der Waals surface area contributed by atoms with E-state index >= 15 is 0 Å². The molecule has 21 heavy (non-hydrogen) atoms. The Morgan fingerprint density at radius 1 is 1.48 bits per heavy atom. The minimum Gasteiger partial charge on any atom is -0.354 e. The molecule has 2 amide bonds. The molecule has 2 aromatic heterocycles. The Balaban J connectivity index is 1.89. The molecule has 3 rings (SSSR count). The average molecular weight is 287 g/mol. The normalized spacial score (nSPS) is 18.6. The van der Waals surface area contributed by atoms with Crippen LogP contribution in [0.5, 0.6) is 0 Å². The van der Waals surface area contributed by atoms with Gasteiger partial charge >= 0.3 is 0 Å². The van der Waals surface area contributed by atoms with Crippen molar-refractivity contribution < 1.29 is 9.59 Å². The molecule has 1 saturated heterocycles. The van der Waals surface area contributed by atoms with Crippen molar-refractivity contribution in [2.75, 3.05) is 6.54 Å². The number of carbonyl (C=O) groups is 2. The lowest BCUT2D eigenvalue weighted by atomic mass is 10.1. The van der Waals surface area contributed by atoms with Crippen LogP contribution in [0.3, 0.4) is 0 Å². The summed E-state index contributed by atoms with van der Waals surface area (Å²) in [7, 11) is 0. The number of fused-ring (bicyclic) bond motifs is 1. The van der Waals surface area contributed by atoms with E-state index in [1.54, 1.807) is 4.52 Å². The largest absolute Gasteiger partial charge is 0.354 e. The molecule has 2 aromatic rings. The molecule has 0 saturated carbocycles. The molecule has 1 fully saturated rings. The minimum absolute atomic E-state index is 0.133. The summed E-state index contributed by atoms with van der Waals surface area (Å²) in [6, 6.07) is 1.42. The van der Waals surface area contributed by atoms with Crippen molar-refractivity contribution in [1.29, 1.82) is 0 Å². The fourth-order valence-electron chi connectivity index (χ4n) is 2.58. The highest BCUT2D eigenvalue weighted by Crippen LogP contribution is 2.13. The van der Waals surface area contributed by atoms with Crippen LogP contribution in [-0.4, -0.2) is 39.0 Å². The lowest BCUT2D eigenvalue weighted by molar-refractivity contribution is -0.124. The van der Waals surface area contributed by atoms with Gasteiger partial charge in [0.2, 0.25) is 5.91 Å². The number of hydrogen-bond acceptors (Lipinski definition) is 4. The van der Waals surface area contributed by atoms with Gasteiger partial charge in [0.1, 0.15) is 11.6 Å². The second-order valence-electron chi connectivity index (χ2n) is 5.29. The number of carbonyl (C=O) groups excluding carboxylic acids is 2. The van der Waals surface area contributed by atoms with E-state index < -0.39 is 6.04 Å². The predicted octanol–water partition coefficient (Wildman–Crippen LogP) is 0.355. The van der Waals surface area contributed by atoms with E-state index in [0.717, 1.165) is 17.8 Å². The first-order chi connectivity index (χ1) is 10.1. The first-order valence-corrected chi connectivity index (χ1v) is 6.97. The van der Waals surface area contributed by atoms with Crippen molar-refractivity contribution in [1.82, 2.24) is 25.2 Å². The van der Waals surface area contributed by atoms with Gasteiger partial charge in [0.05, 0.1) is 6.20 Å². The van der Waals surface area contributed by atoms with Crippen molar-refractivity contribution >= 4 is 17.5 Å². The Labute approximate surface area is 121 Å². The summed E-state index contributed by atoms with van der Waals surface area (Å²) in [6.45, 7) is 4.45. The molecule has 3 heterocycles. The summed E-state index contributed by atoms with van der Waals surface area (Å²) in [5, 5.41) is 9.69. The number of nitrogens with zero attached hydrogens (tertiary/aromatic N) is 3. The van der Waals surface area contributed by atoms with Crippen LogP contribution in [0, 0.1) is 13.8 Å². The van der Waals surface area contributed by atoms with Crippen LogP contribution in [0.4, 0.5) is 0 Å². The summed E-state index contributed by atoms with van der Waals surface area (Å²) >= 11 is 0. The molecule has 7 nitrogen and oxygen atoms in total. The molecule has 0 spiro atoms. The molecule has 7 heteroatoms. The molecule has 0 aliphatic carbocycles. The number of aromatic nitrogens is 3. The number of nitrogens with one attached hydrogen (secondary N) is 2. The molecule has 0 aromatic carbocycles. The van der Waals surface area contributed by atoms with Crippen molar-refractivity contribution in [2.24, 2.45) is 0 Å². The first-order valence-electron chi connectivity index (χ1n) is 6.97. The van der Waals surface area contributed by atoms with Crippen molar-refractivity contribution in [2.45, 2.75) is 32.7 Å². The number of aryl methyl sites for hydroxylation is 2. The van der Waals surface area contributed by atoms with Gasteiger partial charge in [-0.2, -0.15) is 5.10 Å². The molecule has 1 aliphatic heterocycles. The average Bonchev–Trinajstić information content (AvgIpc) is 2.85. The zero-order chi connectivity index (χ0) is 15.0. The highest BCUT2D eigenvalue weighted by Gasteiger charge is 2.25. The van der Waals surface area contributed by atoms with Crippen LogP contribution in [0.15, 0.2) is 12.3 Å². The third-order valence-corrected chi connectivity index (χ3v) is 3.61. The maximum absolute atomic E-state index is 12.4. The fraction of sp³-hybridized carbons (Fsp3) is 0.429. The van der Waals surface area contributed by atoms with Gasteiger partial charge in [-0.3, -0.25) is 9.59 Å². The minimum atomic E-state index is -0.480. The molecule has 2 N–H and O–H groups in total. The maximum atomic E-state index is 12.4. The zero-order valence-electron chi connectivity index (χ0n) is 12.0. The first kappa shape index (κ1) is 13.5. The van der Waals surface area contributed by atoms with E-state index in [0.29, 0.717) is 24.2 Å². The second-order valence-corrected chi connectivity index (χ2v) is 5.29. The van der Waals surface area contributed by atoms with E-state index in [4.69, 9.17) is 0 Å². The molecule has 0 radical (unpaired) electrons. The number of amides is 2. The Morgan fingerprint density at radius 3 is 3.05 bits per heavy atom. The number of hydrogen-bond donors (Lipinski definition) is 2. The zero-order valence-corrected chi connectivity index (χ0v) is 12.0. The fourth-order valence-corrected chi connectivity index (χ4v) is 2.58. The highest BCUT2D eigenvalue weighted by molar-refractivity contribution is 6.02. The lowest BCUT2D eigenvalue weighted by Gasteiger charge is -2.22. The molecule has 110 valence electrons. The molecular weight excluding hydrogens is 270 g/mol. The van der Waals surface area contributed by atoms with Crippen LogP contribution in [0.1, 0.15) is 34.6 Å². The van der Waals surface area contributed by atoms with Gasteiger partial charge in [0.25, 0.3) is 5.91 Å². The number of rotatable bonds is 2. The Kier molecular flexibility index (Phi) is 3.32. The topological polar surface area (TPSA) is 88.4 Å². The van der Waals surface area contributed by atoms with Gasteiger partial charge in [0.15, 0.2) is 5.65 Å². The summed E-state index contributed by atoms with van der Waals surface area (Å²) in [5.74, 6) is -0.448. The van der Waals surface area contributed by atoms with Gasteiger partial charge in [-0.25, -0.2) is 9.50 Å². The van der Waals surface area contributed by atoms with Gasteiger partial charge in [-0.1, -0.05) is 0 Å². The summed E-state index contributed by atoms with van der Waals surface area (Å²) in [4.78, 5) is 28.4. The lowest BCUT2D eigenvalue weighted by Crippen LogP contribution is -2.50. The van der Waals surface area contributed by atoms with E-state index in [2.05, 4.69) is 20.7 Å². The molecule has 0 unspecified atom stereocenters. The third-order valence-electron chi connectivity index (χ3n) is 3.61. The van der Waals surface area contributed by atoms with Crippen molar-refractivity contribution in [3.8, 4) is 0 Å². The van der Waals surface area contributed by atoms with Gasteiger partial charge in [-0.15, -0.1) is 0 Å². The highest BCUT2D eigenvalue weighted by atomic mass is 16.2. The predicted molar refractivity (Wildman–Crippen MR) is 76.0 cm³/mol. The van der Waals surface area contributed by atoms with Gasteiger partial charge in [0, 0.05) is 17.9 Å². The van der Waals surface area contributed by atoms with Crippen LogP contribution in [0.25, 0.3) is 5.65 Å². The van der Waals surface area contributed by atoms with Crippen LogP contribution in [0.2, 0.25) is 0 Å².